The average molecular weight is 275 g/mol. The molecule has 0 radical (unpaired) electrons. The normalized spacial score (nSPS) is 19.1. The summed E-state index contributed by atoms with van der Waals surface area (Å²) in [7, 11) is 0. The smallest absolute Gasteiger partial charge is 0.329 e. The topological polar surface area (TPSA) is 46.6 Å². The van der Waals surface area contributed by atoms with Gasteiger partial charge in [-0.05, 0) is 56.9 Å². The summed E-state index contributed by atoms with van der Waals surface area (Å²) in [5.74, 6) is -0.309. The highest BCUT2D eigenvalue weighted by Gasteiger charge is 2.35. The molecule has 0 spiro atoms. The Bertz CT molecular complexity index is 524. The molecule has 0 aliphatic carbocycles. The van der Waals surface area contributed by atoms with Crippen LogP contribution in [0.3, 0.4) is 0 Å². The van der Waals surface area contributed by atoms with Gasteiger partial charge in [0, 0.05) is 12.1 Å². The first-order valence-corrected chi connectivity index (χ1v) is 7.10. The monoisotopic (exact) mass is 275 g/mol. The van der Waals surface area contributed by atoms with E-state index >= 15 is 0 Å². The molecular formula is C16H21NO3. The second-order valence-electron chi connectivity index (χ2n) is 5.19. The molecular weight excluding hydrogens is 254 g/mol. The van der Waals surface area contributed by atoms with Gasteiger partial charge in [0.1, 0.15) is 6.04 Å². The zero-order valence-electron chi connectivity index (χ0n) is 12.3. The number of nitrogens with zero attached hydrogens (tertiary/aromatic N) is 1. The number of ether oxygens (including phenoxy) is 1. The van der Waals surface area contributed by atoms with Crippen molar-refractivity contribution in [3.8, 4) is 0 Å². The summed E-state index contributed by atoms with van der Waals surface area (Å²) in [6, 6.07) is 5.36. The van der Waals surface area contributed by atoms with E-state index in [1.54, 1.807) is 11.8 Å². The van der Waals surface area contributed by atoms with Gasteiger partial charge in [-0.15, -0.1) is 0 Å². The molecule has 0 saturated carbocycles. The standard InChI is InChI=1S/C16H21NO3/c1-4-20-16(19)14-6-5-7-15(18)17(14)13-9-8-11(2)12(3)10-13/h8-10,14H,4-7H2,1-3H3. The molecule has 0 N–H and O–H groups in total. The molecule has 2 rings (SSSR count). The van der Waals surface area contributed by atoms with Gasteiger partial charge in [-0.2, -0.15) is 0 Å². The number of hydrogen-bond donors (Lipinski definition) is 0. The van der Waals surface area contributed by atoms with Gasteiger partial charge < -0.3 is 4.74 Å². The third kappa shape index (κ3) is 2.84. The summed E-state index contributed by atoms with van der Waals surface area (Å²) in [5, 5.41) is 0. The van der Waals surface area contributed by atoms with Crippen molar-refractivity contribution in [2.75, 3.05) is 11.5 Å². The molecule has 108 valence electrons. The molecule has 4 heteroatoms. The molecule has 1 fully saturated rings. The van der Waals surface area contributed by atoms with Crippen LogP contribution in [0, 0.1) is 13.8 Å². The Morgan fingerprint density at radius 3 is 2.75 bits per heavy atom. The lowest BCUT2D eigenvalue weighted by Crippen LogP contribution is -2.49. The lowest BCUT2D eigenvalue weighted by Gasteiger charge is -2.34. The number of carbonyl (C=O) groups is 2. The van der Waals surface area contributed by atoms with E-state index in [4.69, 9.17) is 4.74 Å². The van der Waals surface area contributed by atoms with E-state index in [0.29, 0.717) is 19.4 Å². The van der Waals surface area contributed by atoms with Crippen molar-refractivity contribution in [3.63, 3.8) is 0 Å². The van der Waals surface area contributed by atoms with Gasteiger partial charge in [-0.1, -0.05) is 6.07 Å². The van der Waals surface area contributed by atoms with Crippen molar-refractivity contribution in [1.82, 2.24) is 0 Å². The molecule has 1 saturated heterocycles. The third-order valence-electron chi connectivity index (χ3n) is 3.78. The zero-order chi connectivity index (χ0) is 14.7. The van der Waals surface area contributed by atoms with Crippen LogP contribution in [-0.2, 0) is 14.3 Å². The van der Waals surface area contributed by atoms with E-state index in [9.17, 15) is 9.59 Å². The Morgan fingerprint density at radius 1 is 1.35 bits per heavy atom. The molecule has 1 unspecified atom stereocenters. The summed E-state index contributed by atoms with van der Waals surface area (Å²) in [4.78, 5) is 25.9. The van der Waals surface area contributed by atoms with E-state index in [1.165, 1.54) is 5.56 Å². The molecule has 1 aliphatic rings. The highest BCUT2D eigenvalue weighted by molar-refractivity contribution is 6.00. The van der Waals surface area contributed by atoms with Crippen LogP contribution in [0.4, 0.5) is 5.69 Å². The van der Waals surface area contributed by atoms with Gasteiger partial charge >= 0.3 is 5.97 Å². The van der Waals surface area contributed by atoms with Crippen LogP contribution in [0.25, 0.3) is 0 Å². The number of anilines is 1. The fraction of sp³-hybridized carbons (Fsp3) is 0.500. The van der Waals surface area contributed by atoms with Crippen molar-refractivity contribution in [2.24, 2.45) is 0 Å². The summed E-state index contributed by atoms with van der Waals surface area (Å²) < 4.78 is 5.10. The first kappa shape index (κ1) is 14.6. The largest absolute Gasteiger partial charge is 0.464 e. The molecule has 1 aromatic rings. The Balaban J connectivity index is 2.34. The summed E-state index contributed by atoms with van der Waals surface area (Å²) in [5.41, 5.74) is 3.07. The van der Waals surface area contributed by atoms with Crippen LogP contribution in [0.5, 0.6) is 0 Å². The average Bonchev–Trinajstić information content (AvgIpc) is 2.42. The maximum absolute atomic E-state index is 12.2. The fourth-order valence-corrected chi connectivity index (χ4v) is 2.53. The van der Waals surface area contributed by atoms with Gasteiger partial charge in [0.15, 0.2) is 0 Å². The molecule has 1 amide bonds. The molecule has 1 aromatic carbocycles. The minimum atomic E-state index is -0.488. The zero-order valence-corrected chi connectivity index (χ0v) is 12.3. The van der Waals surface area contributed by atoms with Crippen LogP contribution in [0.2, 0.25) is 0 Å². The van der Waals surface area contributed by atoms with Gasteiger partial charge in [0.25, 0.3) is 0 Å². The lowest BCUT2D eigenvalue weighted by molar-refractivity contribution is -0.146. The number of benzene rings is 1. The molecule has 0 aromatic heterocycles. The van der Waals surface area contributed by atoms with Gasteiger partial charge in [0.2, 0.25) is 5.91 Å². The number of aryl methyl sites for hydroxylation is 2. The van der Waals surface area contributed by atoms with Crippen LogP contribution in [0.1, 0.15) is 37.3 Å². The van der Waals surface area contributed by atoms with Crippen LogP contribution >= 0.6 is 0 Å². The first-order chi connectivity index (χ1) is 9.54. The highest BCUT2D eigenvalue weighted by Crippen LogP contribution is 2.28. The van der Waals surface area contributed by atoms with Crippen LogP contribution < -0.4 is 4.90 Å². The number of esters is 1. The van der Waals surface area contributed by atoms with E-state index in [0.717, 1.165) is 17.7 Å². The highest BCUT2D eigenvalue weighted by atomic mass is 16.5. The quantitative estimate of drug-likeness (QED) is 0.797. The van der Waals surface area contributed by atoms with Gasteiger partial charge in [-0.3, -0.25) is 9.69 Å². The minimum absolute atomic E-state index is 0.00226. The second-order valence-corrected chi connectivity index (χ2v) is 5.19. The maximum atomic E-state index is 12.2. The lowest BCUT2D eigenvalue weighted by atomic mass is 9.99. The van der Waals surface area contributed by atoms with E-state index in [1.807, 2.05) is 32.0 Å². The molecule has 1 aliphatic heterocycles. The predicted molar refractivity (Wildman–Crippen MR) is 77.7 cm³/mol. The molecule has 1 heterocycles. The number of carbonyl (C=O) groups excluding carboxylic acids is 2. The van der Waals surface area contributed by atoms with Crippen molar-refractivity contribution in [2.45, 2.75) is 46.1 Å². The van der Waals surface area contributed by atoms with Crippen molar-refractivity contribution in [3.05, 3.63) is 29.3 Å². The Labute approximate surface area is 119 Å². The number of piperidine rings is 1. The molecule has 1 atom stereocenters. The molecule has 4 nitrogen and oxygen atoms in total. The summed E-state index contributed by atoms with van der Waals surface area (Å²) in [6.07, 6.45) is 1.89. The molecule has 20 heavy (non-hydrogen) atoms. The van der Waals surface area contributed by atoms with Gasteiger partial charge in [0.05, 0.1) is 6.61 Å². The van der Waals surface area contributed by atoms with E-state index in [-0.39, 0.29) is 11.9 Å². The van der Waals surface area contributed by atoms with Crippen LogP contribution in [0.15, 0.2) is 18.2 Å². The van der Waals surface area contributed by atoms with E-state index in [2.05, 4.69) is 0 Å². The summed E-state index contributed by atoms with van der Waals surface area (Å²) in [6.45, 7) is 6.15. The Morgan fingerprint density at radius 2 is 2.10 bits per heavy atom. The maximum Gasteiger partial charge on any atom is 0.329 e. The van der Waals surface area contributed by atoms with Gasteiger partial charge in [-0.25, -0.2) is 4.79 Å². The van der Waals surface area contributed by atoms with Crippen molar-refractivity contribution >= 4 is 17.6 Å². The Hall–Kier alpha value is -1.84. The SMILES string of the molecule is CCOC(=O)C1CCCC(=O)N1c1ccc(C)c(C)c1. The third-order valence-corrected chi connectivity index (χ3v) is 3.78. The molecule has 0 bridgehead atoms. The number of hydrogen-bond acceptors (Lipinski definition) is 3. The summed E-state index contributed by atoms with van der Waals surface area (Å²) >= 11 is 0. The predicted octanol–water partition coefficient (Wildman–Crippen LogP) is 2.75. The number of rotatable bonds is 3. The number of amides is 1. The second kappa shape index (κ2) is 6.07. The fourth-order valence-electron chi connectivity index (χ4n) is 2.53. The van der Waals surface area contributed by atoms with E-state index < -0.39 is 6.04 Å². The minimum Gasteiger partial charge on any atom is -0.464 e. The van der Waals surface area contributed by atoms with Crippen molar-refractivity contribution in [1.29, 1.82) is 0 Å². The Kier molecular flexibility index (Phi) is 4.42. The first-order valence-electron chi connectivity index (χ1n) is 7.10. The van der Waals surface area contributed by atoms with Crippen molar-refractivity contribution < 1.29 is 14.3 Å². The van der Waals surface area contributed by atoms with Crippen LogP contribution in [-0.4, -0.2) is 24.5 Å².